The van der Waals surface area contributed by atoms with Gasteiger partial charge in [-0.05, 0) is 24.3 Å². The normalized spacial score (nSPS) is 14.6. The van der Waals surface area contributed by atoms with Crippen LogP contribution < -0.4 is 9.80 Å². The second kappa shape index (κ2) is 6.47. The van der Waals surface area contributed by atoms with Crippen LogP contribution in [0.3, 0.4) is 0 Å². The van der Waals surface area contributed by atoms with E-state index < -0.39 is 4.92 Å². The summed E-state index contributed by atoms with van der Waals surface area (Å²) < 4.78 is 0. The fraction of sp³-hybridized carbons (Fsp3) is 0.222. The lowest BCUT2D eigenvalue weighted by Crippen LogP contribution is -2.46. The molecule has 26 heavy (non-hydrogen) atoms. The molecule has 4 rings (SSSR count). The van der Waals surface area contributed by atoms with E-state index >= 15 is 0 Å². The third-order valence-electron chi connectivity index (χ3n) is 4.74. The highest BCUT2D eigenvalue weighted by atomic mass is 16.6. The van der Waals surface area contributed by atoms with Crippen LogP contribution in [0.5, 0.6) is 0 Å². The van der Waals surface area contributed by atoms with E-state index in [0.717, 1.165) is 54.9 Å². The van der Waals surface area contributed by atoms with Crippen LogP contribution in [-0.2, 0) is 0 Å². The molecule has 3 heterocycles. The molecule has 132 valence electrons. The fourth-order valence-corrected chi connectivity index (χ4v) is 3.29. The van der Waals surface area contributed by atoms with Crippen LogP contribution in [0, 0.1) is 10.1 Å². The second-order valence-electron chi connectivity index (χ2n) is 6.20. The fourth-order valence-electron chi connectivity index (χ4n) is 3.29. The number of carbonyl (C=O) groups is 1. The Hall–Kier alpha value is -3.42. The van der Waals surface area contributed by atoms with Gasteiger partial charge in [-0.2, -0.15) is 0 Å². The van der Waals surface area contributed by atoms with Crippen LogP contribution in [0.2, 0.25) is 0 Å². The van der Waals surface area contributed by atoms with Crippen LogP contribution in [0.4, 0.5) is 17.2 Å². The summed E-state index contributed by atoms with van der Waals surface area (Å²) >= 11 is 0. The average Bonchev–Trinajstić information content (AvgIpc) is 3.10. The Labute approximate surface area is 149 Å². The highest BCUT2D eigenvalue weighted by molar-refractivity contribution is 5.98. The van der Waals surface area contributed by atoms with Gasteiger partial charge in [0.1, 0.15) is 12.0 Å². The van der Waals surface area contributed by atoms with Gasteiger partial charge >= 0.3 is 0 Å². The van der Waals surface area contributed by atoms with E-state index in [1.54, 1.807) is 12.3 Å². The van der Waals surface area contributed by atoms with Gasteiger partial charge in [0.05, 0.1) is 4.92 Å². The summed E-state index contributed by atoms with van der Waals surface area (Å²) in [7, 11) is 0. The highest BCUT2D eigenvalue weighted by Gasteiger charge is 2.19. The Bertz CT molecular complexity index is 959. The van der Waals surface area contributed by atoms with Crippen molar-refractivity contribution in [3.05, 3.63) is 58.4 Å². The van der Waals surface area contributed by atoms with E-state index in [1.807, 2.05) is 18.2 Å². The molecule has 1 aromatic carbocycles. The van der Waals surface area contributed by atoms with E-state index in [4.69, 9.17) is 0 Å². The molecule has 1 aliphatic rings. The number of benzene rings is 1. The average molecular weight is 351 g/mol. The number of carbonyl (C=O) groups excluding carboxylic acids is 1. The topological polar surface area (TPSA) is 95.4 Å². The largest absolute Gasteiger partial charge is 0.368 e. The number of pyridine rings is 1. The number of rotatable bonds is 4. The summed E-state index contributed by atoms with van der Waals surface area (Å²) in [4.78, 5) is 33.1. The lowest BCUT2D eigenvalue weighted by Gasteiger charge is -2.36. The molecule has 0 saturated carbocycles. The Morgan fingerprint density at radius 3 is 2.54 bits per heavy atom. The van der Waals surface area contributed by atoms with E-state index in [0.29, 0.717) is 5.56 Å². The third-order valence-corrected chi connectivity index (χ3v) is 4.74. The summed E-state index contributed by atoms with van der Waals surface area (Å²) in [6.45, 7) is 3.17. The molecular weight excluding hydrogens is 334 g/mol. The highest BCUT2D eigenvalue weighted by Crippen LogP contribution is 2.26. The first-order valence-corrected chi connectivity index (χ1v) is 8.32. The number of nitrogens with zero attached hydrogens (tertiary/aromatic N) is 4. The maximum absolute atomic E-state index is 11.1. The summed E-state index contributed by atoms with van der Waals surface area (Å²) in [5, 5.41) is 11.7. The number of hydrogen-bond acceptors (Lipinski definition) is 6. The minimum Gasteiger partial charge on any atom is -0.368 e. The van der Waals surface area contributed by atoms with Gasteiger partial charge in [-0.1, -0.05) is 0 Å². The predicted octanol–water partition coefficient (Wildman–Crippen LogP) is 2.61. The molecule has 1 aliphatic heterocycles. The van der Waals surface area contributed by atoms with Gasteiger partial charge in [-0.15, -0.1) is 0 Å². The monoisotopic (exact) mass is 351 g/mol. The summed E-state index contributed by atoms with van der Waals surface area (Å²) in [6.07, 6.45) is 3.88. The summed E-state index contributed by atoms with van der Waals surface area (Å²) in [5.41, 5.74) is 2.69. The van der Waals surface area contributed by atoms with Crippen LogP contribution in [0.1, 0.15) is 10.4 Å². The molecule has 8 heteroatoms. The molecule has 0 aliphatic carbocycles. The van der Waals surface area contributed by atoms with Crippen LogP contribution in [0.15, 0.2) is 42.7 Å². The number of aromatic amines is 1. The van der Waals surface area contributed by atoms with Gasteiger partial charge in [-0.25, -0.2) is 4.98 Å². The number of aldehydes is 1. The van der Waals surface area contributed by atoms with Gasteiger partial charge < -0.3 is 14.8 Å². The number of nitrogens with one attached hydrogen (secondary N) is 1. The van der Waals surface area contributed by atoms with Gasteiger partial charge in [-0.3, -0.25) is 14.9 Å². The molecule has 0 amide bonds. The Morgan fingerprint density at radius 2 is 1.88 bits per heavy atom. The predicted molar refractivity (Wildman–Crippen MR) is 99.0 cm³/mol. The van der Waals surface area contributed by atoms with Crippen molar-refractivity contribution >= 4 is 34.4 Å². The number of aromatic nitrogens is 2. The molecule has 0 unspecified atom stereocenters. The molecular formula is C18H17N5O3. The van der Waals surface area contributed by atoms with Crippen molar-refractivity contribution in [2.24, 2.45) is 0 Å². The SMILES string of the molecule is O=Cc1c[nH]c2ccc(N3CCN(c4ccc([N+](=O)[O-])cn4)CC3)cc12. The molecule has 1 fully saturated rings. The van der Waals surface area contributed by atoms with Crippen molar-refractivity contribution in [1.29, 1.82) is 0 Å². The van der Waals surface area contributed by atoms with E-state index in [-0.39, 0.29) is 5.69 Å². The number of piperazine rings is 1. The smallest absolute Gasteiger partial charge is 0.287 e. The Morgan fingerprint density at radius 1 is 1.12 bits per heavy atom. The molecule has 8 nitrogen and oxygen atoms in total. The number of hydrogen-bond donors (Lipinski definition) is 1. The molecule has 1 N–H and O–H groups in total. The van der Waals surface area contributed by atoms with Crippen LogP contribution in [-0.4, -0.2) is 47.4 Å². The summed E-state index contributed by atoms with van der Waals surface area (Å²) in [6, 6.07) is 9.25. The molecule has 0 radical (unpaired) electrons. The van der Waals surface area contributed by atoms with E-state index in [9.17, 15) is 14.9 Å². The van der Waals surface area contributed by atoms with Gasteiger partial charge in [0.25, 0.3) is 5.69 Å². The first-order chi connectivity index (χ1) is 12.7. The Balaban J connectivity index is 1.48. The second-order valence-corrected chi connectivity index (χ2v) is 6.20. The number of anilines is 2. The maximum atomic E-state index is 11.1. The standard InChI is InChI=1S/C18H17N5O3/c24-12-13-10-19-17-3-1-14(9-16(13)17)21-5-7-22(8-6-21)18-4-2-15(11-20-18)23(25)26/h1-4,9-12,19H,5-8H2. The Kier molecular flexibility index (Phi) is 4.00. The van der Waals surface area contributed by atoms with E-state index in [2.05, 4.69) is 19.8 Å². The van der Waals surface area contributed by atoms with Crippen molar-refractivity contribution in [3.63, 3.8) is 0 Å². The zero-order chi connectivity index (χ0) is 18.1. The van der Waals surface area contributed by atoms with Gasteiger partial charge in [0.15, 0.2) is 6.29 Å². The van der Waals surface area contributed by atoms with Gasteiger partial charge in [0, 0.05) is 60.6 Å². The lowest BCUT2D eigenvalue weighted by atomic mass is 10.1. The molecule has 0 spiro atoms. The number of H-pyrrole nitrogens is 1. The summed E-state index contributed by atoms with van der Waals surface area (Å²) in [5.74, 6) is 0.750. The minimum absolute atomic E-state index is 0.00169. The van der Waals surface area contributed by atoms with E-state index in [1.165, 1.54) is 12.3 Å². The van der Waals surface area contributed by atoms with Crippen molar-refractivity contribution in [3.8, 4) is 0 Å². The molecule has 1 saturated heterocycles. The zero-order valence-electron chi connectivity index (χ0n) is 14.0. The third kappa shape index (κ3) is 2.85. The van der Waals surface area contributed by atoms with Crippen LogP contribution >= 0.6 is 0 Å². The molecule has 2 aromatic heterocycles. The first kappa shape index (κ1) is 16.1. The van der Waals surface area contributed by atoms with Crippen LogP contribution in [0.25, 0.3) is 10.9 Å². The van der Waals surface area contributed by atoms with Crippen molar-refractivity contribution < 1.29 is 9.72 Å². The van der Waals surface area contributed by atoms with Gasteiger partial charge in [0.2, 0.25) is 0 Å². The molecule has 3 aromatic rings. The van der Waals surface area contributed by atoms with Crippen molar-refractivity contribution in [2.75, 3.05) is 36.0 Å². The quantitative estimate of drug-likeness (QED) is 0.441. The van der Waals surface area contributed by atoms with Crippen molar-refractivity contribution in [1.82, 2.24) is 9.97 Å². The molecule has 0 bridgehead atoms. The minimum atomic E-state index is -0.445. The molecule has 0 atom stereocenters. The first-order valence-electron chi connectivity index (χ1n) is 8.32. The zero-order valence-corrected chi connectivity index (χ0v) is 14.0. The number of nitro groups is 1. The number of fused-ring (bicyclic) bond motifs is 1. The maximum Gasteiger partial charge on any atom is 0.287 e. The van der Waals surface area contributed by atoms with Crippen molar-refractivity contribution in [2.45, 2.75) is 0 Å². The lowest BCUT2D eigenvalue weighted by molar-refractivity contribution is -0.385.